The molecule has 3 aromatic carbocycles. The molecular weight excluding hydrogens is 648 g/mol. The van der Waals surface area contributed by atoms with Gasteiger partial charge in [-0.25, -0.2) is 9.59 Å². The lowest BCUT2D eigenvalue weighted by atomic mass is 9.94. The predicted molar refractivity (Wildman–Crippen MR) is 197 cm³/mol. The summed E-state index contributed by atoms with van der Waals surface area (Å²) in [7, 11) is 3.93. The number of hydrogen-bond acceptors (Lipinski definition) is 10. The lowest BCUT2D eigenvalue weighted by Crippen LogP contribution is -2.66. The Labute approximate surface area is 299 Å². The van der Waals surface area contributed by atoms with E-state index >= 15 is 0 Å². The number of carbonyl (C=O) groups is 2. The van der Waals surface area contributed by atoms with Gasteiger partial charge in [0.15, 0.2) is 5.54 Å². The average molecular weight is 697 g/mol. The molecule has 0 bridgehead atoms. The van der Waals surface area contributed by atoms with Crippen molar-refractivity contribution in [2.75, 3.05) is 63.2 Å². The van der Waals surface area contributed by atoms with Gasteiger partial charge < -0.3 is 38.9 Å². The van der Waals surface area contributed by atoms with Crippen LogP contribution in [-0.2, 0) is 29.1 Å². The Morgan fingerprint density at radius 2 is 1.71 bits per heavy atom. The summed E-state index contributed by atoms with van der Waals surface area (Å²) in [6.07, 6.45) is 0.0403. The second-order valence-electron chi connectivity index (χ2n) is 14.6. The van der Waals surface area contributed by atoms with E-state index in [0.717, 1.165) is 39.0 Å². The summed E-state index contributed by atoms with van der Waals surface area (Å²) in [6, 6.07) is 22.7. The first-order valence-corrected chi connectivity index (χ1v) is 17.4. The number of nitrogens with zero attached hydrogens (tertiary/aromatic N) is 6. The average Bonchev–Trinajstić information content (AvgIpc) is 3.09. The van der Waals surface area contributed by atoms with E-state index in [-0.39, 0.29) is 25.6 Å². The topological polar surface area (TPSA) is 121 Å². The van der Waals surface area contributed by atoms with E-state index in [1.54, 1.807) is 32.6 Å². The molecule has 6 rings (SSSR count). The molecular formula is C39H48N6O6. The highest BCUT2D eigenvalue weighted by Crippen LogP contribution is 2.39. The van der Waals surface area contributed by atoms with Gasteiger partial charge in [-0.05, 0) is 65.2 Å². The zero-order valence-corrected chi connectivity index (χ0v) is 30.4. The number of anilines is 2. The van der Waals surface area contributed by atoms with Crippen molar-refractivity contribution in [1.82, 2.24) is 19.8 Å². The fourth-order valence-corrected chi connectivity index (χ4v) is 6.56. The van der Waals surface area contributed by atoms with Crippen LogP contribution < -0.4 is 19.3 Å². The summed E-state index contributed by atoms with van der Waals surface area (Å²) in [5, 5.41) is 12.8. The molecule has 0 spiro atoms. The van der Waals surface area contributed by atoms with Crippen LogP contribution in [0.1, 0.15) is 44.5 Å². The van der Waals surface area contributed by atoms with Gasteiger partial charge in [-0.2, -0.15) is 9.97 Å². The monoisotopic (exact) mass is 696 g/mol. The number of likely N-dealkylation sites (N-methyl/N-ethyl adjacent to an activating group) is 1. The third kappa shape index (κ3) is 8.12. The number of carbonyl (C=O) groups excluding carboxylic acids is 1. The molecule has 3 heterocycles. The van der Waals surface area contributed by atoms with Gasteiger partial charge in [-0.15, -0.1) is 0 Å². The largest absolute Gasteiger partial charge is 0.489 e. The van der Waals surface area contributed by atoms with Gasteiger partial charge >= 0.3 is 18.1 Å². The molecule has 1 saturated heterocycles. The van der Waals surface area contributed by atoms with Gasteiger partial charge in [0, 0.05) is 48.9 Å². The van der Waals surface area contributed by atoms with E-state index < -0.39 is 23.2 Å². The highest BCUT2D eigenvalue weighted by Gasteiger charge is 2.48. The maximum absolute atomic E-state index is 13.1. The van der Waals surface area contributed by atoms with E-state index in [2.05, 4.69) is 29.2 Å². The summed E-state index contributed by atoms with van der Waals surface area (Å²) < 4.78 is 18.0. The van der Waals surface area contributed by atoms with Crippen LogP contribution in [0.15, 0.2) is 66.7 Å². The Morgan fingerprint density at radius 1 is 0.961 bits per heavy atom. The quantitative estimate of drug-likeness (QED) is 0.223. The second kappa shape index (κ2) is 14.6. The molecule has 1 N–H and O–H groups in total. The molecule has 12 heteroatoms. The molecule has 4 aromatic rings. The third-order valence-corrected chi connectivity index (χ3v) is 9.25. The van der Waals surface area contributed by atoms with E-state index in [4.69, 9.17) is 24.2 Å². The van der Waals surface area contributed by atoms with E-state index in [9.17, 15) is 14.7 Å². The summed E-state index contributed by atoms with van der Waals surface area (Å²) >= 11 is 0. The van der Waals surface area contributed by atoms with Crippen LogP contribution in [0.3, 0.4) is 0 Å². The lowest BCUT2D eigenvalue weighted by molar-refractivity contribution is -0.144. The zero-order valence-electron chi connectivity index (χ0n) is 30.4. The number of carboxylic acids is 1. The van der Waals surface area contributed by atoms with Crippen molar-refractivity contribution in [3.8, 4) is 11.8 Å². The molecule has 1 fully saturated rings. The lowest BCUT2D eigenvalue weighted by Gasteiger charge is -2.47. The van der Waals surface area contributed by atoms with Gasteiger partial charge in [-0.1, -0.05) is 54.6 Å². The number of ether oxygens (including phenoxy) is 3. The summed E-state index contributed by atoms with van der Waals surface area (Å²) in [5.74, 6) is 0.238. The molecule has 1 amide bonds. The predicted octanol–water partition coefficient (Wildman–Crippen LogP) is 5.61. The van der Waals surface area contributed by atoms with Crippen molar-refractivity contribution < 1.29 is 28.9 Å². The van der Waals surface area contributed by atoms with Crippen molar-refractivity contribution in [2.45, 2.75) is 58.4 Å². The minimum atomic E-state index is -1.48. The molecule has 1 aromatic heterocycles. The molecule has 2 aliphatic rings. The van der Waals surface area contributed by atoms with E-state index in [0.29, 0.717) is 45.1 Å². The number of aliphatic carboxylic acids is 1. The smallest absolute Gasteiger partial charge is 0.410 e. The first kappa shape index (κ1) is 35.7. The molecule has 1 unspecified atom stereocenters. The van der Waals surface area contributed by atoms with Crippen molar-refractivity contribution in [3.63, 3.8) is 0 Å². The number of hydrogen-bond donors (Lipinski definition) is 1. The first-order chi connectivity index (χ1) is 24.3. The minimum Gasteiger partial charge on any atom is -0.489 e. The summed E-state index contributed by atoms with van der Waals surface area (Å²) in [5.41, 5.74) is 1.58. The Hall–Kier alpha value is -5.10. The van der Waals surface area contributed by atoms with Gasteiger partial charge in [0.05, 0.1) is 18.8 Å². The van der Waals surface area contributed by atoms with Gasteiger partial charge in [0.25, 0.3) is 0 Å². The Kier molecular flexibility index (Phi) is 10.2. The molecule has 1 atom stereocenters. The van der Waals surface area contributed by atoms with Crippen LogP contribution in [0.25, 0.3) is 10.8 Å². The summed E-state index contributed by atoms with van der Waals surface area (Å²) in [4.78, 5) is 43.4. The van der Waals surface area contributed by atoms with Gasteiger partial charge in [0.2, 0.25) is 0 Å². The molecule has 2 aliphatic heterocycles. The molecule has 12 nitrogen and oxygen atoms in total. The van der Waals surface area contributed by atoms with Crippen LogP contribution in [0.5, 0.6) is 11.8 Å². The van der Waals surface area contributed by atoms with Crippen LogP contribution in [0, 0.1) is 0 Å². The number of benzene rings is 3. The van der Waals surface area contributed by atoms with Crippen LogP contribution in [0.2, 0.25) is 0 Å². The van der Waals surface area contributed by atoms with Crippen molar-refractivity contribution in [1.29, 1.82) is 0 Å². The molecule has 270 valence electrons. The molecule has 0 saturated carbocycles. The minimum absolute atomic E-state index is 0.0687. The number of fused-ring (bicyclic) bond motifs is 2. The molecule has 0 radical (unpaired) electrons. The summed E-state index contributed by atoms with van der Waals surface area (Å²) in [6.45, 7) is 10.1. The maximum Gasteiger partial charge on any atom is 0.410 e. The Bertz CT molecular complexity index is 1880. The highest BCUT2D eigenvalue weighted by atomic mass is 16.6. The van der Waals surface area contributed by atoms with Gasteiger partial charge in [0.1, 0.15) is 30.4 Å². The standard InChI is InChI=1S/C39H48N6O6/c1-38(2,3)51-37(48)44-18-19-45(39(4,26-44)35(46)47)34-31-16-17-43(24-32(31)40-36(41-34)49-21-20-42(5)6)33-23-29(22-28-14-10-11-15-30(28)33)50-25-27-12-8-7-9-13-27/h7-15,22-23H,16-21,24-26H2,1-6H3,(H,46,47). The number of piperazine rings is 1. The third-order valence-electron chi connectivity index (χ3n) is 9.25. The number of amides is 1. The Morgan fingerprint density at radius 3 is 2.43 bits per heavy atom. The van der Waals surface area contributed by atoms with Crippen LogP contribution >= 0.6 is 0 Å². The number of aromatic nitrogens is 2. The fraction of sp³-hybridized carbons (Fsp3) is 0.436. The SMILES string of the molecule is CN(C)CCOc1nc2c(c(N3CCN(C(=O)OC(C)(C)C)CC3(C)C(=O)O)n1)CCN(c1cc(OCc3ccccc3)cc3ccccc13)C2. The normalized spacial score (nSPS) is 17.7. The van der Waals surface area contributed by atoms with E-state index in [1.807, 2.05) is 61.5 Å². The number of carboxylic acid groups (broad SMARTS) is 1. The Balaban J connectivity index is 1.35. The maximum atomic E-state index is 13.1. The first-order valence-electron chi connectivity index (χ1n) is 17.4. The zero-order chi connectivity index (χ0) is 36.3. The van der Waals surface area contributed by atoms with Crippen molar-refractivity contribution >= 4 is 34.3 Å². The van der Waals surface area contributed by atoms with Crippen LogP contribution in [-0.4, -0.2) is 102 Å². The van der Waals surface area contributed by atoms with Crippen molar-refractivity contribution in [3.05, 3.63) is 83.6 Å². The highest BCUT2D eigenvalue weighted by molar-refractivity contribution is 5.96. The molecule has 0 aliphatic carbocycles. The second-order valence-corrected chi connectivity index (χ2v) is 14.6. The number of rotatable bonds is 10. The van der Waals surface area contributed by atoms with Gasteiger partial charge in [-0.3, -0.25) is 0 Å². The molecule has 51 heavy (non-hydrogen) atoms. The fourth-order valence-electron chi connectivity index (χ4n) is 6.56. The van der Waals surface area contributed by atoms with Crippen molar-refractivity contribution in [2.24, 2.45) is 0 Å². The van der Waals surface area contributed by atoms with Crippen LogP contribution in [0.4, 0.5) is 16.3 Å². The van der Waals surface area contributed by atoms with E-state index in [1.165, 1.54) is 4.90 Å².